The lowest BCUT2D eigenvalue weighted by atomic mass is 10.1. The van der Waals surface area contributed by atoms with Gasteiger partial charge in [-0.25, -0.2) is 14.9 Å². The normalized spacial score (nSPS) is 18.6. The molecule has 2 aromatic heterocycles. The minimum Gasteiger partial charge on any atom is -0.475 e. The van der Waals surface area contributed by atoms with Gasteiger partial charge in [0.2, 0.25) is 0 Å². The molecule has 148 valence electrons. The molecule has 3 rings (SSSR count). The molecular formula is C15H19F3N6O3. The highest BCUT2D eigenvalue weighted by Crippen LogP contribution is 2.21. The van der Waals surface area contributed by atoms with Crippen LogP contribution < -0.4 is 5.56 Å². The number of nitrogens with one attached hydrogen (secondary N) is 2. The van der Waals surface area contributed by atoms with Crippen LogP contribution in [0.5, 0.6) is 0 Å². The minimum atomic E-state index is -5.08. The Kier molecular flexibility index (Phi) is 6.69. The molecule has 3 N–H and O–H groups in total. The quantitative estimate of drug-likeness (QED) is 0.705. The highest BCUT2D eigenvalue weighted by molar-refractivity contribution is 5.73. The molecule has 1 saturated heterocycles. The number of imidazole rings is 1. The zero-order valence-corrected chi connectivity index (χ0v) is 14.4. The Labute approximate surface area is 151 Å². The highest BCUT2D eigenvalue weighted by Gasteiger charge is 2.38. The molecule has 0 radical (unpaired) electrons. The molecule has 1 fully saturated rings. The summed E-state index contributed by atoms with van der Waals surface area (Å²) in [5.74, 6) is -1.76. The van der Waals surface area contributed by atoms with E-state index in [9.17, 15) is 18.0 Å². The largest absolute Gasteiger partial charge is 0.490 e. The predicted molar refractivity (Wildman–Crippen MR) is 87.8 cm³/mol. The van der Waals surface area contributed by atoms with E-state index in [-0.39, 0.29) is 11.6 Å². The Morgan fingerprint density at radius 2 is 2.07 bits per heavy atom. The number of nitrogens with zero attached hydrogens (tertiary/aromatic N) is 4. The molecule has 0 bridgehead atoms. The van der Waals surface area contributed by atoms with Gasteiger partial charge in [0.05, 0.1) is 11.7 Å². The lowest BCUT2D eigenvalue weighted by Gasteiger charge is -2.38. The van der Waals surface area contributed by atoms with E-state index in [1.165, 1.54) is 6.07 Å². The van der Waals surface area contributed by atoms with Crippen LogP contribution in [0.1, 0.15) is 17.6 Å². The van der Waals surface area contributed by atoms with Crippen LogP contribution in [0, 0.1) is 0 Å². The van der Waals surface area contributed by atoms with Crippen LogP contribution >= 0.6 is 0 Å². The molecule has 0 spiro atoms. The van der Waals surface area contributed by atoms with E-state index in [0.29, 0.717) is 0 Å². The number of rotatable bonds is 3. The van der Waals surface area contributed by atoms with E-state index in [2.05, 4.69) is 37.0 Å². The lowest BCUT2D eigenvalue weighted by molar-refractivity contribution is -0.192. The van der Waals surface area contributed by atoms with E-state index >= 15 is 0 Å². The fourth-order valence-corrected chi connectivity index (χ4v) is 2.52. The van der Waals surface area contributed by atoms with E-state index in [4.69, 9.17) is 9.90 Å². The summed E-state index contributed by atoms with van der Waals surface area (Å²) in [6.07, 6.45) is -1.45. The third kappa shape index (κ3) is 6.18. The van der Waals surface area contributed by atoms with Gasteiger partial charge >= 0.3 is 12.1 Å². The number of carbonyl (C=O) groups is 1. The molecule has 0 amide bonds. The maximum absolute atomic E-state index is 11.0. The molecule has 27 heavy (non-hydrogen) atoms. The summed E-state index contributed by atoms with van der Waals surface area (Å²) in [6, 6.07) is 3.56. The molecule has 0 aromatic carbocycles. The summed E-state index contributed by atoms with van der Waals surface area (Å²) in [5.41, 5.74) is 0.716. The van der Waals surface area contributed by atoms with Crippen molar-refractivity contribution in [3.8, 4) is 0 Å². The number of halogens is 3. The van der Waals surface area contributed by atoms with Crippen molar-refractivity contribution in [2.45, 2.75) is 18.8 Å². The minimum absolute atomic E-state index is 0.166. The van der Waals surface area contributed by atoms with Gasteiger partial charge in [0.25, 0.3) is 5.56 Å². The number of aliphatic carboxylic acids is 1. The second-order valence-electron chi connectivity index (χ2n) is 5.92. The summed E-state index contributed by atoms with van der Waals surface area (Å²) >= 11 is 0. The predicted octanol–water partition coefficient (Wildman–Crippen LogP) is 0.615. The summed E-state index contributed by atoms with van der Waals surface area (Å²) in [5, 5.41) is 13.7. The molecule has 2 aromatic rings. The highest BCUT2D eigenvalue weighted by atomic mass is 19.4. The maximum Gasteiger partial charge on any atom is 0.490 e. The Bertz CT molecular complexity index is 772. The first-order valence-corrected chi connectivity index (χ1v) is 7.93. The second-order valence-corrected chi connectivity index (χ2v) is 5.92. The number of likely N-dealkylation sites (N-methyl/N-ethyl adjacent to an activating group) is 1. The maximum atomic E-state index is 11.0. The van der Waals surface area contributed by atoms with E-state index in [0.717, 1.165) is 37.7 Å². The van der Waals surface area contributed by atoms with Gasteiger partial charge in [0.1, 0.15) is 5.82 Å². The summed E-state index contributed by atoms with van der Waals surface area (Å²) in [6.45, 7) is 3.59. The number of aromatic nitrogens is 4. The SMILES string of the molecule is CN1CCN(Cc2ccc(=O)[nH]n2)CC1c1ncc[nH]1.O=C(O)C(F)(F)F. The Morgan fingerprint density at radius 1 is 1.37 bits per heavy atom. The van der Waals surface area contributed by atoms with Crippen LogP contribution in [0.4, 0.5) is 13.2 Å². The molecule has 1 aliphatic heterocycles. The number of carboxylic acids is 1. The van der Waals surface area contributed by atoms with Gasteiger partial charge in [0, 0.05) is 44.6 Å². The van der Waals surface area contributed by atoms with Crippen LogP contribution in [0.15, 0.2) is 29.3 Å². The zero-order chi connectivity index (χ0) is 20.0. The molecule has 3 heterocycles. The molecule has 9 nitrogen and oxygen atoms in total. The van der Waals surface area contributed by atoms with Crippen molar-refractivity contribution >= 4 is 5.97 Å². The van der Waals surface area contributed by atoms with Gasteiger partial charge in [-0.05, 0) is 13.1 Å². The van der Waals surface area contributed by atoms with E-state index in [1.807, 2.05) is 6.20 Å². The Hall–Kier alpha value is -2.73. The first-order chi connectivity index (χ1) is 12.7. The average Bonchev–Trinajstić information content (AvgIpc) is 3.13. The number of hydrogen-bond donors (Lipinski definition) is 3. The summed E-state index contributed by atoms with van der Waals surface area (Å²) in [7, 11) is 2.11. The van der Waals surface area contributed by atoms with Crippen molar-refractivity contribution in [3.63, 3.8) is 0 Å². The first-order valence-electron chi connectivity index (χ1n) is 7.93. The number of carboxylic acid groups (broad SMARTS) is 1. The molecule has 1 atom stereocenters. The van der Waals surface area contributed by atoms with Gasteiger partial charge in [-0.15, -0.1) is 0 Å². The van der Waals surface area contributed by atoms with Gasteiger partial charge < -0.3 is 10.1 Å². The summed E-state index contributed by atoms with van der Waals surface area (Å²) < 4.78 is 31.7. The van der Waals surface area contributed by atoms with E-state index in [1.54, 1.807) is 12.3 Å². The molecule has 1 aliphatic rings. The van der Waals surface area contributed by atoms with Crippen LogP contribution in [-0.2, 0) is 11.3 Å². The standard InChI is InChI=1S/C13H18N6O.C2HF3O2/c1-18-6-7-19(8-10-2-3-12(20)17-16-10)9-11(18)13-14-4-5-15-13;3-2(4,5)1(6)7/h2-5,11H,6-9H2,1H3,(H,14,15)(H,17,20);(H,6,7). The van der Waals surface area contributed by atoms with Crippen LogP contribution in [0.2, 0.25) is 0 Å². The second kappa shape index (κ2) is 8.77. The summed E-state index contributed by atoms with van der Waals surface area (Å²) in [4.78, 5) is 32.1. The van der Waals surface area contributed by atoms with Crippen LogP contribution in [0.25, 0.3) is 0 Å². The molecular weight excluding hydrogens is 369 g/mol. The Balaban J connectivity index is 0.000000321. The van der Waals surface area contributed by atoms with Gasteiger partial charge in [-0.1, -0.05) is 0 Å². The third-order valence-electron chi connectivity index (χ3n) is 3.93. The van der Waals surface area contributed by atoms with Crippen molar-refractivity contribution in [1.29, 1.82) is 0 Å². The fraction of sp³-hybridized carbons (Fsp3) is 0.467. The molecule has 1 unspecified atom stereocenters. The monoisotopic (exact) mass is 388 g/mol. The number of hydrogen-bond acceptors (Lipinski definition) is 6. The molecule has 0 saturated carbocycles. The van der Waals surface area contributed by atoms with Crippen molar-refractivity contribution in [2.24, 2.45) is 0 Å². The molecule has 12 heteroatoms. The zero-order valence-electron chi connectivity index (χ0n) is 14.4. The fourth-order valence-electron chi connectivity index (χ4n) is 2.52. The van der Waals surface area contributed by atoms with Crippen molar-refractivity contribution < 1.29 is 23.1 Å². The number of alkyl halides is 3. The van der Waals surface area contributed by atoms with Gasteiger partial charge in [-0.2, -0.15) is 18.3 Å². The van der Waals surface area contributed by atoms with Crippen molar-refractivity contribution in [2.75, 3.05) is 26.7 Å². The van der Waals surface area contributed by atoms with E-state index < -0.39 is 12.1 Å². The number of aromatic amines is 2. The van der Waals surface area contributed by atoms with Crippen LogP contribution in [0.3, 0.4) is 0 Å². The van der Waals surface area contributed by atoms with Crippen molar-refractivity contribution in [1.82, 2.24) is 30.0 Å². The molecule has 0 aliphatic carbocycles. The third-order valence-corrected chi connectivity index (χ3v) is 3.93. The number of piperazine rings is 1. The topological polar surface area (TPSA) is 118 Å². The van der Waals surface area contributed by atoms with Crippen molar-refractivity contribution in [3.05, 3.63) is 46.4 Å². The lowest BCUT2D eigenvalue weighted by Crippen LogP contribution is -2.46. The average molecular weight is 388 g/mol. The van der Waals surface area contributed by atoms with Gasteiger partial charge in [-0.3, -0.25) is 14.6 Å². The smallest absolute Gasteiger partial charge is 0.475 e. The van der Waals surface area contributed by atoms with Gasteiger partial charge in [0.15, 0.2) is 0 Å². The Morgan fingerprint density at radius 3 is 2.59 bits per heavy atom. The first kappa shape index (κ1) is 20.6. The van der Waals surface area contributed by atoms with Crippen LogP contribution in [-0.4, -0.2) is 73.9 Å². The number of H-pyrrole nitrogens is 2.